The molecular weight excluding hydrogens is 176 g/mol. The van der Waals surface area contributed by atoms with Gasteiger partial charge in [0.25, 0.3) is 0 Å². The molecule has 0 radical (unpaired) electrons. The summed E-state index contributed by atoms with van der Waals surface area (Å²) in [5.41, 5.74) is 2.38. The lowest BCUT2D eigenvalue weighted by molar-refractivity contribution is 0.186. The van der Waals surface area contributed by atoms with Crippen LogP contribution in [0.25, 0.3) is 0 Å². The number of hydrogen-bond acceptors (Lipinski definition) is 2. The predicted octanol–water partition coefficient (Wildman–Crippen LogP) is 2.73. The van der Waals surface area contributed by atoms with Crippen LogP contribution in [0.3, 0.4) is 0 Å². The van der Waals surface area contributed by atoms with Crippen LogP contribution in [0.15, 0.2) is 36.0 Å². The van der Waals surface area contributed by atoms with E-state index < -0.39 is 0 Å². The van der Waals surface area contributed by atoms with Gasteiger partial charge < -0.3 is 9.47 Å². The first kappa shape index (κ1) is 13.1. The minimum atomic E-state index is 0.657. The molecule has 0 saturated carbocycles. The number of methoxy groups -OCH3 is 2. The van der Waals surface area contributed by atoms with Gasteiger partial charge in [0.1, 0.15) is 0 Å². The van der Waals surface area contributed by atoms with Gasteiger partial charge in [-0.3, -0.25) is 0 Å². The van der Waals surface area contributed by atoms with E-state index in [4.69, 9.17) is 9.47 Å². The zero-order valence-electron chi connectivity index (χ0n) is 9.38. The normalized spacial score (nSPS) is 13.1. The van der Waals surface area contributed by atoms with E-state index in [0.29, 0.717) is 6.61 Å². The number of hydrogen-bond donors (Lipinski definition) is 0. The maximum absolute atomic E-state index is 5.09. The molecule has 80 valence electrons. The maximum Gasteiger partial charge on any atom is 0.0676 e. The highest BCUT2D eigenvalue weighted by Crippen LogP contribution is 2.04. The molecule has 0 unspecified atom stereocenters. The Bertz CT molecular complexity index is 214. The highest BCUT2D eigenvalue weighted by atomic mass is 16.5. The summed E-state index contributed by atoms with van der Waals surface area (Å²) in [6.45, 7) is 7.10. The SMILES string of the molecule is C=C/C(C)=C\C=C(\CCOC)COC. The minimum absolute atomic E-state index is 0.657. The fraction of sp³-hybridized carbons (Fsp3) is 0.500. The van der Waals surface area contributed by atoms with Crippen molar-refractivity contribution in [3.8, 4) is 0 Å². The fourth-order valence-corrected chi connectivity index (χ4v) is 0.940. The summed E-state index contributed by atoms with van der Waals surface area (Å²) in [7, 11) is 3.40. The Morgan fingerprint density at radius 1 is 1.21 bits per heavy atom. The van der Waals surface area contributed by atoms with Crippen molar-refractivity contribution in [3.63, 3.8) is 0 Å². The maximum atomic E-state index is 5.09. The average Bonchev–Trinajstić information content (AvgIpc) is 2.21. The van der Waals surface area contributed by atoms with E-state index in [-0.39, 0.29) is 0 Å². The van der Waals surface area contributed by atoms with Crippen LogP contribution in [0.4, 0.5) is 0 Å². The van der Waals surface area contributed by atoms with Crippen LogP contribution in [0.1, 0.15) is 13.3 Å². The monoisotopic (exact) mass is 196 g/mol. The Hall–Kier alpha value is -0.860. The molecule has 0 saturated heterocycles. The summed E-state index contributed by atoms with van der Waals surface area (Å²) in [5.74, 6) is 0. The van der Waals surface area contributed by atoms with E-state index in [1.165, 1.54) is 5.57 Å². The average molecular weight is 196 g/mol. The van der Waals surface area contributed by atoms with Crippen molar-refractivity contribution < 1.29 is 9.47 Å². The number of allylic oxidation sites excluding steroid dienone is 4. The summed E-state index contributed by atoms with van der Waals surface area (Å²) < 4.78 is 10.1. The van der Waals surface area contributed by atoms with Crippen LogP contribution >= 0.6 is 0 Å². The van der Waals surface area contributed by atoms with E-state index in [2.05, 4.69) is 12.7 Å². The molecule has 0 aromatic rings. The Kier molecular flexibility index (Phi) is 8.19. The minimum Gasteiger partial charge on any atom is -0.384 e. The van der Waals surface area contributed by atoms with E-state index in [1.54, 1.807) is 14.2 Å². The quantitative estimate of drug-likeness (QED) is 0.583. The molecule has 0 amide bonds. The van der Waals surface area contributed by atoms with Gasteiger partial charge in [0.05, 0.1) is 6.61 Å². The van der Waals surface area contributed by atoms with Crippen molar-refractivity contribution in [2.24, 2.45) is 0 Å². The smallest absolute Gasteiger partial charge is 0.0676 e. The van der Waals surface area contributed by atoms with Crippen molar-refractivity contribution in [2.45, 2.75) is 13.3 Å². The Morgan fingerprint density at radius 2 is 1.93 bits per heavy atom. The third-order valence-corrected chi connectivity index (χ3v) is 1.86. The molecule has 0 bridgehead atoms. The van der Waals surface area contributed by atoms with Gasteiger partial charge in [-0.1, -0.05) is 30.4 Å². The van der Waals surface area contributed by atoms with E-state index >= 15 is 0 Å². The fourth-order valence-electron chi connectivity index (χ4n) is 0.940. The van der Waals surface area contributed by atoms with Crippen LogP contribution in [-0.2, 0) is 9.47 Å². The zero-order valence-corrected chi connectivity index (χ0v) is 9.38. The highest BCUT2D eigenvalue weighted by Gasteiger charge is 1.95. The van der Waals surface area contributed by atoms with Crippen LogP contribution in [0.5, 0.6) is 0 Å². The molecule has 14 heavy (non-hydrogen) atoms. The van der Waals surface area contributed by atoms with Crippen molar-refractivity contribution in [3.05, 3.63) is 36.0 Å². The molecule has 2 heteroatoms. The van der Waals surface area contributed by atoms with E-state index in [1.807, 2.05) is 19.1 Å². The number of rotatable bonds is 7. The second-order valence-corrected chi connectivity index (χ2v) is 3.12. The molecular formula is C12H20O2. The second-order valence-electron chi connectivity index (χ2n) is 3.12. The van der Waals surface area contributed by atoms with Gasteiger partial charge in [-0.05, 0) is 18.9 Å². The first-order valence-corrected chi connectivity index (χ1v) is 4.71. The summed E-state index contributed by atoms with van der Waals surface area (Å²) >= 11 is 0. The first-order chi connectivity index (χ1) is 6.74. The van der Waals surface area contributed by atoms with Gasteiger partial charge in [-0.15, -0.1) is 0 Å². The van der Waals surface area contributed by atoms with Gasteiger partial charge in [0.2, 0.25) is 0 Å². The van der Waals surface area contributed by atoms with Crippen LogP contribution in [-0.4, -0.2) is 27.4 Å². The second kappa shape index (κ2) is 8.73. The van der Waals surface area contributed by atoms with Crippen molar-refractivity contribution in [2.75, 3.05) is 27.4 Å². The largest absolute Gasteiger partial charge is 0.384 e. The molecule has 0 heterocycles. The lowest BCUT2D eigenvalue weighted by Gasteiger charge is -2.04. The zero-order chi connectivity index (χ0) is 10.8. The summed E-state index contributed by atoms with van der Waals surface area (Å²) in [6, 6.07) is 0. The molecule has 0 aromatic heterocycles. The van der Waals surface area contributed by atoms with Crippen LogP contribution in [0.2, 0.25) is 0 Å². The predicted molar refractivity (Wildman–Crippen MR) is 60.4 cm³/mol. The summed E-state index contributed by atoms with van der Waals surface area (Å²) in [4.78, 5) is 0. The number of ether oxygens (including phenoxy) is 2. The van der Waals surface area contributed by atoms with Crippen molar-refractivity contribution in [1.82, 2.24) is 0 Å². The molecule has 0 atom stereocenters. The van der Waals surface area contributed by atoms with Crippen LogP contribution < -0.4 is 0 Å². The highest BCUT2D eigenvalue weighted by molar-refractivity contribution is 5.23. The summed E-state index contributed by atoms with van der Waals surface area (Å²) in [5, 5.41) is 0. The Morgan fingerprint density at radius 3 is 2.43 bits per heavy atom. The molecule has 0 aliphatic rings. The molecule has 0 rings (SSSR count). The van der Waals surface area contributed by atoms with E-state index in [0.717, 1.165) is 18.6 Å². The molecule has 2 nitrogen and oxygen atoms in total. The first-order valence-electron chi connectivity index (χ1n) is 4.71. The van der Waals surface area contributed by atoms with Gasteiger partial charge in [0, 0.05) is 20.8 Å². The van der Waals surface area contributed by atoms with Gasteiger partial charge in [-0.2, -0.15) is 0 Å². The lowest BCUT2D eigenvalue weighted by Crippen LogP contribution is -1.98. The molecule has 0 aliphatic heterocycles. The molecule has 0 aliphatic carbocycles. The lowest BCUT2D eigenvalue weighted by atomic mass is 10.1. The molecule has 0 fully saturated rings. The van der Waals surface area contributed by atoms with Gasteiger partial charge in [-0.25, -0.2) is 0 Å². The van der Waals surface area contributed by atoms with Crippen molar-refractivity contribution in [1.29, 1.82) is 0 Å². The van der Waals surface area contributed by atoms with E-state index in [9.17, 15) is 0 Å². The van der Waals surface area contributed by atoms with Gasteiger partial charge >= 0.3 is 0 Å². The molecule has 0 N–H and O–H groups in total. The standard InChI is InChI=1S/C12H20O2/c1-5-11(2)6-7-12(10-14-4)8-9-13-3/h5-7H,1,8-10H2,2-4H3/b11-6-,12-7-. The Labute approximate surface area is 86.9 Å². The van der Waals surface area contributed by atoms with Crippen LogP contribution in [0, 0.1) is 0 Å². The third kappa shape index (κ3) is 6.63. The Balaban J connectivity index is 4.23. The third-order valence-electron chi connectivity index (χ3n) is 1.86. The summed E-state index contributed by atoms with van der Waals surface area (Å²) in [6.07, 6.45) is 6.85. The van der Waals surface area contributed by atoms with Crippen molar-refractivity contribution >= 4 is 0 Å². The molecule has 0 aromatic carbocycles. The van der Waals surface area contributed by atoms with Gasteiger partial charge in [0.15, 0.2) is 0 Å². The molecule has 0 spiro atoms. The topological polar surface area (TPSA) is 18.5 Å².